The van der Waals surface area contributed by atoms with Crippen molar-refractivity contribution in [2.24, 2.45) is 4.99 Å². The van der Waals surface area contributed by atoms with Crippen molar-refractivity contribution in [1.29, 1.82) is 0 Å². The van der Waals surface area contributed by atoms with Crippen molar-refractivity contribution >= 4 is 40.6 Å². The molecular weight excluding hydrogens is 464 g/mol. The largest absolute Gasteiger partial charge is 0.493 e. The van der Waals surface area contributed by atoms with Crippen molar-refractivity contribution < 1.29 is 24.2 Å². The van der Waals surface area contributed by atoms with Crippen LogP contribution in [0.5, 0.6) is 11.5 Å². The van der Waals surface area contributed by atoms with E-state index >= 15 is 0 Å². The van der Waals surface area contributed by atoms with Gasteiger partial charge in [-0.05, 0) is 90.3 Å². The van der Waals surface area contributed by atoms with Gasteiger partial charge >= 0.3 is 5.97 Å². The second-order valence-electron chi connectivity index (χ2n) is 8.03. The maximum Gasteiger partial charge on any atom is 0.335 e. The number of amides is 1. The summed E-state index contributed by atoms with van der Waals surface area (Å²) in [5.74, 6) is -0.189. The molecule has 4 rings (SSSR count). The number of carbonyl (C=O) groups is 2. The number of rotatable bonds is 7. The van der Waals surface area contributed by atoms with Crippen LogP contribution < -0.4 is 14.8 Å². The molecule has 8 heteroatoms. The molecule has 35 heavy (non-hydrogen) atoms. The van der Waals surface area contributed by atoms with Gasteiger partial charge in [0.2, 0.25) is 0 Å². The molecule has 0 aliphatic carbocycles. The number of thioether (sulfide) groups is 1. The first-order valence-corrected chi connectivity index (χ1v) is 11.6. The Morgan fingerprint density at radius 2 is 1.83 bits per heavy atom. The molecule has 0 spiro atoms. The van der Waals surface area contributed by atoms with E-state index in [1.165, 1.54) is 24.9 Å². The summed E-state index contributed by atoms with van der Waals surface area (Å²) >= 11 is 1.28. The van der Waals surface area contributed by atoms with Gasteiger partial charge < -0.3 is 19.9 Å². The molecule has 3 aromatic carbocycles. The number of aryl methyl sites for hydroxylation is 2. The van der Waals surface area contributed by atoms with Gasteiger partial charge in [0.05, 0.1) is 23.3 Å². The molecule has 1 amide bonds. The van der Waals surface area contributed by atoms with Crippen molar-refractivity contribution in [2.75, 3.05) is 7.11 Å². The number of aromatic carboxylic acids is 1. The Bertz CT molecular complexity index is 1340. The first-order valence-electron chi connectivity index (χ1n) is 10.8. The second kappa shape index (κ2) is 10.5. The maximum atomic E-state index is 12.5. The van der Waals surface area contributed by atoms with E-state index in [1.807, 2.05) is 32.0 Å². The molecule has 178 valence electrons. The molecule has 1 aliphatic heterocycles. The average molecular weight is 489 g/mol. The number of aliphatic imine (C=N–C) groups is 1. The lowest BCUT2D eigenvalue weighted by Crippen LogP contribution is -2.19. The van der Waals surface area contributed by atoms with E-state index in [0.29, 0.717) is 21.6 Å². The molecule has 0 unspecified atom stereocenters. The second-order valence-corrected chi connectivity index (χ2v) is 9.06. The van der Waals surface area contributed by atoms with Crippen molar-refractivity contribution in [3.05, 3.63) is 93.4 Å². The number of carboxylic acids is 1. The van der Waals surface area contributed by atoms with Gasteiger partial charge in [0, 0.05) is 0 Å². The fraction of sp³-hybridized carbons (Fsp3) is 0.148. The summed E-state index contributed by atoms with van der Waals surface area (Å²) in [4.78, 5) is 28.7. The lowest BCUT2D eigenvalue weighted by atomic mass is 10.1. The van der Waals surface area contributed by atoms with Crippen LogP contribution in [0.2, 0.25) is 0 Å². The SMILES string of the molecule is COc1cc(/C=C2\SC(=Nc3cc(C)cc(C)c3)NC2=O)ccc1OCc1cccc(C(=O)O)c1. The molecule has 3 aromatic rings. The first-order chi connectivity index (χ1) is 16.8. The average Bonchev–Trinajstić information content (AvgIpc) is 3.15. The van der Waals surface area contributed by atoms with Gasteiger partial charge in [-0.2, -0.15) is 0 Å². The van der Waals surface area contributed by atoms with Gasteiger partial charge in [-0.1, -0.05) is 24.3 Å². The maximum absolute atomic E-state index is 12.5. The predicted octanol–water partition coefficient (Wildman–Crippen LogP) is 5.48. The molecule has 0 atom stereocenters. The highest BCUT2D eigenvalue weighted by atomic mass is 32.2. The summed E-state index contributed by atoms with van der Waals surface area (Å²) in [6.07, 6.45) is 1.77. The number of ether oxygens (including phenoxy) is 2. The quantitative estimate of drug-likeness (QED) is 0.428. The van der Waals surface area contributed by atoms with Crippen molar-refractivity contribution in [3.8, 4) is 11.5 Å². The van der Waals surface area contributed by atoms with Gasteiger partial charge in [0.25, 0.3) is 5.91 Å². The molecule has 0 aromatic heterocycles. The van der Waals surface area contributed by atoms with Gasteiger partial charge in [-0.3, -0.25) is 4.79 Å². The monoisotopic (exact) mass is 488 g/mol. The minimum Gasteiger partial charge on any atom is -0.493 e. The van der Waals surface area contributed by atoms with Crippen LogP contribution in [-0.2, 0) is 11.4 Å². The number of carboxylic acid groups (broad SMARTS) is 1. The fourth-order valence-corrected chi connectivity index (χ4v) is 4.45. The number of hydrogen-bond donors (Lipinski definition) is 2. The molecule has 1 heterocycles. The van der Waals surface area contributed by atoms with E-state index in [-0.39, 0.29) is 18.1 Å². The molecule has 0 saturated carbocycles. The number of nitrogens with zero attached hydrogens (tertiary/aromatic N) is 1. The molecule has 1 aliphatic rings. The van der Waals surface area contributed by atoms with Gasteiger partial charge in [0.1, 0.15) is 6.61 Å². The van der Waals surface area contributed by atoms with Crippen LogP contribution in [0.3, 0.4) is 0 Å². The van der Waals surface area contributed by atoms with Crippen LogP contribution in [-0.4, -0.2) is 29.3 Å². The summed E-state index contributed by atoms with van der Waals surface area (Å²) in [5, 5.41) is 12.5. The third-order valence-corrected chi connectivity index (χ3v) is 6.05. The lowest BCUT2D eigenvalue weighted by Gasteiger charge is -2.12. The minimum absolute atomic E-state index is 0.189. The standard InChI is InChI=1S/C27H24N2O5S/c1-16-9-17(2)11-21(10-16)28-27-29-25(30)24(35-27)14-18-7-8-22(23(13-18)33-3)34-15-19-5-4-6-20(12-19)26(31)32/h4-14H,15H2,1-3H3,(H,31,32)(H,28,29,30)/b24-14-. The number of benzene rings is 3. The van der Waals surface area contributed by atoms with E-state index in [4.69, 9.17) is 14.6 Å². The van der Waals surface area contributed by atoms with Crippen molar-refractivity contribution in [2.45, 2.75) is 20.5 Å². The van der Waals surface area contributed by atoms with Gasteiger partial charge in [-0.15, -0.1) is 0 Å². The third-order valence-electron chi connectivity index (χ3n) is 5.14. The van der Waals surface area contributed by atoms with E-state index < -0.39 is 5.97 Å². The Hall–Kier alpha value is -4.04. The van der Waals surface area contributed by atoms with Gasteiger partial charge in [-0.25, -0.2) is 9.79 Å². The summed E-state index contributed by atoms with van der Waals surface area (Å²) in [6.45, 7) is 4.21. The zero-order chi connectivity index (χ0) is 24.9. The topological polar surface area (TPSA) is 97.2 Å². The van der Waals surface area contributed by atoms with Gasteiger partial charge in [0.15, 0.2) is 16.7 Å². The Labute approximate surface area is 207 Å². The number of nitrogens with one attached hydrogen (secondary N) is 1. The van der Waals surface area contributed by atoms with E-state index in [1.54, 1.807) is 36.4 Å². The Balaban J connectivity index is 1.49. The molecule has 0 bridgehead atoms. The molecule has 1 fully saturated rings. The van der Waals surface area contributed by atoms with E-state index in [0.717, 1.165) is 27.9 Å². The highest BCUT2D eigenvalue weighted by Gasteiger charge is 2.24. The van der Waals surface area contributed by atoms with Crippen molar-refractivity contribution in [3.63, 3.8) is 0 Å². The number of methoxy groups -OCH3 is 1. The van der Waals surface area contributed by atoms with Crippen LogP contribution in [0.25, 0.3) is 6.08 Å². The lowest BCUT2D eigenvalue weighted by molar-refractivity contribution is -0.115. The zero-order valence-corrected chi connectivity index (χ0v) is 20.3. The number of amidine groups is 1. The molecule has 0 radical (unpaired) electrons. The molecular formula is C27H24N2O5S. The van der Waals surface area contributed by atoms with E-state index in [2.05, 4.69) is 16.4 Å². The highest BCUT2D eigenvalue weighted by Crippen LogP contribution is 2.33. The minimum atomic E-state index is -0.988. The van der Waals surface area contributed by atoms with Crippen LogP contribution in [0.15, 0.2) is 70.6 Å². The summed E-state index contributed by atoms with van der Waals surface area (Å²) < 4.78 is 11.3. The molecule has 2 N–H and O–H groups in total. The third kappa shape index (κ3) is 6.10. The summed E-state index contributed by atoms with van der Waals surface area (Å²) in [5.41, 5.74) is 4.72. The van der Waals surface area contributed by atoms with Crippen LogP contribution >= 0.6 is 11.8 Å². The first kappa shape index (κ1) is 24.1. The van der Waals surface area contributed by atoms with Crippen LogP contribution in [0.1, 0.15) is 32.6 Å². The van der Waals surface area contributed by atoms with Crippen molar-refractivity contribution in [1.82, 2.24) is 5.32 Å². The molecule has 7 nitrogen and oxygen atoms in total. The Kier molecular flexibility index (Phi) is 7.22. The zero-order valence-electron chi connectivity index (χ0n) is 19.5. The molecule has 1 saturated heterocycles. The Morgan fingerprint density at radius 3 is 2.54 bits per heavy atom. The Morgan fingerprint density at radius 1 is 1.06 bits per heavy atom. The number of hydrogen-bond acceptors (Lipinski definition) is 6. The normalized spacial score (nSPS) is 15.3. The summed E-state index contributed by atoms with van der Waals surface area (Å²) in [7, 11) is 1.54. The summed E-state index contributed by atoms with van der Waals surface area (Å²) in [6, 6.07) is 17.9. The smallest absolute Gasteiger partial charge is 0.335 e. The highest BCUT2D eigenvalue weighted by molar-refractivity contribution is 8.18. The number of carbonyl (C=O) groups excluding carboxylic acids is 1. The fourth-order valence-electron chi connectivity index (χ4n) is 3.61. The van der Waals surface area contributed by atoms with Crippen LogP contribution in [0, 0.1) is 13.8 Å². The van der Waals surface area contributed by atoms with Crippen LogP contribution in [0.4, 0.5) is 5.69 Å². The predicted molar refractivity (Wildman–Crippen MR) is 137 cm³/mol. The van der Waals surface area contributed by atoms with E-state index in [9.17, 15) is 9.59 Å².